The molecule has 0 aromatic carbocycles. The number of ketones is 2. The number of piperidine rings is 1. The number of rotatable bonds is 14. The van der Waals surface area contributed by atoms with Gasteiger partial charge in [-0.3, -0.25) is 9.59 Å². The van der Waals surface area contributed by atoms with Crippen LogP contribution in [0, 0.1) is 29.6 Å². The van der Waals surface area contributed by atoms with Gasteiger partial charge in [-0.15, -0.1) is 0 Å². The van der Waals surface area contributed by atoms with Gasteiger partial charge in [0.25, 0.3) is 5.60 Å². The molecule has 4 fully saturated rings. The van der Waals surface area contributed by atoms with E-state index in [4.69, 9.17) is 15.2 Å². The lowest BCUT2D eigenvalue weighted by atomic mass is 9.60. The number of nitrogens with two attached hydrogens (primary N) is 1. The smallest absolute Gasteiger partial charge is 0.350 e. The highest BCUT2D eigenvalue weighted by molar-refractivity contribution is 6.23. The average molecular weight is 682 g/mol. The number of hydrogen-bond donors (Lipinski definition) is 5. The van der Waals surface area contributed by atoms with Crippen LogP contribution < -0.4 is 16.4 Å². The molecule has 2 saturated heterocycles. The maximum Gasteiger partial charge on any atom is 0.350 e. The number of hydrogen-bond acceptors (Lipinski definition) is 10. The number of carbonyl (C=O) groups is 3. The number of aliphatic hydroxyl groups excluding tert-OH is 2. The van der Waals surface area contributed by atoms with E-state index in [2.05, 4.69) is 35.8 Å². The first-order chi connectivity index (χ1) is 23.7. The molecule has 10 heteroatoms. The molecular weight excluding hydrogens is 622 g/mol. The summed E-state index contributed by atoms with van der Waals surface area (Å²) >= 11 is 0. The number of Topliss-reactive ketones (excluding diaryl/α,β-unsaturated/α-hetero) is 2. The Morgan fingerprint density at radius 1 is 1.14 bits per heavy atom. The summed E-state index contributed by atoms with van der Waals surface area (Å²) in [6.07, 6.45) is 16.3. The van der Waals surface area contributed by atoms with Gasteiger partial charge in [-0.1, -0.05) is 43.6 Å². The van der Waals surface area contributed by atoms with E-state index in [1.54, 1.807) is 0 Å². The van der Waals surface area contributed by atoms with E-state index < -0.39 is 35.1 Å². The summed E-state index contributed by atoms with van der Waals surface area (Å²) in [5.41, 5.74) is 5.40. The molecular formula is C39H59N3O7. The molecule has 10 nitrogen and oxygen atoms in total. The van der Waals surface area contributed by atoms with Gasteiger partial charge in [-0.25, -0.2) is 4.79 Å². The molecule has 6 rings (SSSR count). The molecule has 6 aliphatic rings. The van der Waals surface area contributed by atoms with Crippen LogP contribution in [0.25, 0.3) is 0 Å². The van der Waals surface area contributed by atoms with E-state index in [1.165, 1.54) is 5.57 Å². The molecule has 2 aliphatic heterocycles. The largest absolute Gasteiger partial charge is 0.459 e. The van der Waals surface area contributed by atoms with Crippen molar-refractivity contribution >= 4 is 17.5 Å². The number of nitrogens with one attached hydrogen (secondary N) is 2. The van der Waals surface area contributed by atoms with Crippen LogP contribution in [0.2, 0.25) is 0 Å². The monoisotopic (exact) mass is 681 g/mol. The third kappa shape index (κ3) is 7.03. The highest BCUT2D eigenvalue weighted by atomic mass is 16.7. The highest BCUT2D eigenvalue weighted by Gasteiger charge is 2.87. The zero-order valence-corrected chi connectivity index (χ0v) is 29.6. The Hall–Kier alpha value is -2.21. The first-order valence-corrected chi connectivity index (χ1v) is 19.2. The van der Waals surface area contributed by atoms with Gasteiger partial charge in [-0.2, -0.15) is 0 Å². The first-order valence-electron chi connectivity index (χ1n) is 19.2. The van der Waals surface area contributed by atoms with Crippen molar-refractivity contribution in [2.24, 2.45) is 35.3 Å². The van der Waals surface area contributed by atoms with Crippen LogP contribution in [-0.2, 0) is 23.9 Å². The van der Waals surface area contributed by atoms with Crippen molar-refractivity contribution in [3.63, 3.8) is 0 Å². The number of aliphatic hydroxyl groups is 2. The molecule has 49 heavy (non-hydrogen) atoms. The number of epoxide rings is 1. The minimum absolute atomic E-state index is 0.00915. The third-order valence-corrected chi connectivity index (χ3v) is 12.7. The van der Waals surface area contributed by atoms with Gasteiger partial charge in [0.15, 0.2) is 17.2 Å². The van der Waals surface area contributed by atoms with Crippen molar-refractivity contribution in [3.8, 4) is 0 Å². The Kier molecular flexibility index (Phi) is 11.6. The number of fused-ring (bicyclic) bond motifs is 3. The van der Waals surface area contributed by atoms with E-state index in [-0.39, 0.29) is 49.3 Å². The fraction of sp³-hybridized carbons (Fsp3) is 0.769. The van der Waals surface area contributed by atoms with Crippen LogP contribution in [0.1, 0.15) is 104 Å². The topological polar surface area (TPSA) is 164 Å². The summed E-state index contributed by atoms with van der Waals surface area (Å²) in [5.74, 6) is -1.56. The van der Waals surface area contributed by atoms with Crippen LogP contribution in [0.15, 0.2) is 34.9 Å². The summed E-state index contributed by atoms with van der Waals surface area (Å²) in [5, 5.41) is 27.3. The molecule has 0 spiro atoms. The van der Waals surface area contributed by atoms with E-state index >= 15 is 0 Å². The zero-order chi connectivity index (χ0) is 34.8. The fourth-order valence-electron chi connectivity index (χ4n) is 9.89. The Labute approximate surface area is 291 Å². The molecule has 2 saturated carbocycles. The lowest BCUT2D eigenvalue weighted by molar-refractivity contribution is -0.166. The Balaban J connectivity index is 1.28. The summed E-state index contributed by atoms with van der Waals surface area (Å²) in [4.78, 5) is 43.6. The van der Waals surface area contributed by atoms with Crippen molar-refractivity contribution in [3.05, 3.63) is 34.9 Å². The number of esters is 1. The number of likely N-dealkylation sites (N-methyl/N-ethyl adjacent to an activating group) is 1. The van der Waals surface area contributed by atoms with Gasteiger partial charge in [-0.05, 0) is 114 Å². The lowest BCUT2D eigenvalue weighted by Gasteiger charge is -2.41. The predicted molar refractivity (Wildman–Crippen MR) is 186 cm³/mol. The number of allylic oxidation sites excluding steroid dienone is 4. The standard InChI is InChI=1S/C39H59N3O7/c1-3-41-32-21-27-10-5-4-9-26(27)20-31(32)33(13-8-18-43)48-37(47)39-36(46)30-12-7-6-11-29(30)35(45)38(39,49-39)22-28(23-44)24(2)14-15-25-16-17-42-34(40)19-25/h5,10,21,25-26,29-34,41-44H,3-4,6-9,11-20,22-23,40H2,1-2H3/t25?,26-,29?,30?,31+,32-,33-,34?,38-,39-/m0/s1. The summed E-state index contributed by atoms with van der Waals surface area (Å²) < 4.78 is 12.8. The zero-order valence-electron chi connectivity index (χ0n) is 29.6. The summed E-state index contributed by atoms with van der Waals surface area (Å²) in [6, 6.07) is -0.0367. The third-order valence-electron chi connectivity index (χ3n) is 12.7. The molecule has 0 aromatic rings. The van der Waals surface area contributed by atoms with Gasteiger partial charge < -0.3 is 36.1 Å². The van der Waals surface area contributed by atoms with Crippen LogP contribution in [-0.4, -0.2) is 83.6 Å². The summed E-state index contributed by atoms with van der Waals surface area (Å²) in [7, 11) is 0. The fourth-order valence-corrected chi connectivity index (χ4v) is 9.89. The second kappa shape index (κ2) is 15.6. The Morgan fingerprint density at radius 3 is 2.63 bits per heavy atom. The van der Waals surface area contributed by atoms with Gasteiger partial charge in [0, 0.05) is 36.8 Å². The van der Waals surface area contributed by atoms with Crippen molar-refractivity contribution in [2.45, 2.75) is 133 Å². The SMILES string of the molecule is CCN[C@H]1C=C2C=CCC[C@H]2C[C@H]1[C@H](CCCO)OC(=O)[C@]12O[C@@]1(CC(CO)=C(C)CCC1CCNC(N)C1)C(=O)C1CCCCC1C2=O. The van der Waals surface area contributed by atoms with Gasteiger partial charge in [0.1, 0.15) is 6.10 Å². The second-order valence-corrected chi connectivity index (χ2v) is 15.7. The minimum atomic E-state index is -2.00. The molecule has 0 radical (unpaired) electrons. The predicted octanol–water partition coefficient (Wildman–Crippen LogP) is 3.79. The van der Waals surface area contributed by atoms with Crippen LogP contribution in [0.5, 0.6) is 0 Å². The molecule has 2 heterocycles. The van der Waals surface area contributed by atoms with E-state index in [1.807, 2.05) is 6.92 Å². The van der Waals surface area contributed by atoms with Crippen LogP contribution in [0.3, 0.4) is 0 Å². The Morgan fingerprint density at radius 2 is 1.92 bits per heavy atom. The molecule has 6 N–H and O–H groups in total. The first kappa shape index (κ1) is 36.6. The van der Waals surface area contributed by atoms with Crippen molar-refractivity contribution in [1.82, 2.24) is 10.6 Å². The second-order valence-electron chi connectivity index (χ2n) is 15.7. The van der Waals surface area contributed by atoms with Crippen LogP contribution >= 0.6 is 0 Å². The molecule has 0 amide bonds. The quantitative estimate of drug-likeness (QED) is 0.0789. The van der Waals surface area contributed by atoms with Gasteiger partial charge in [0.05, 0.1) is 12.8 Å². The van der Waals surface area contributed by atoms with E-state index in [9.17, 15) is 24.6 Å². The maximum atomic E-state index is 14.6. The highest BCUT2D eigenvalue weighted by Crippen LogP contribution is 2.62. The van der Waals surface area contributed by atoms with E-state index in [0.717, 1.165) is 76.5 Å². The van der Waals surface area contributed by atoms with Crippen molar-refractivity contribution in [1.29, 1.82) is 0 Å². The maximum absolute atomic E-state index is 14.6. The molecule has 4 unspecified atom stereocenters. The number of ether oxygens (including phenoxy) is 2. The molecule has 10 atom stereocenters. The molecule has 272 valence electrons. The molecule has 0 aromatic heterocycles. The molecule has 4 aliphatic carbocycles. The van der Waals surface area contributed by atoms with Crippen LogP contribution in [0.4, 0.5) is 0 Å². The van der Waals surface area contributed by atoms with Gasteiger partial charge in [0.2, 0.25) is 0 Å². The summed E-state index contributed by atoms with van der Waals surface area (Å²) in [6.45, 7) is 5.33. The minimum Gasteiger partial charge on any atom is -0.459 e. The molecule has 0 bridgehead atoms. The van der Waals surface area contributed by atoms with Gasteiger partial charge >= 0.3 is 5.97 Å². The lowest BCUT2D eigenvalue weighted by Crippen LogP contribution is -2.59. The normalized spacial score (nSPS) is 38.1. The number of carbonyl (C=O) groups excluding carboxylic acids is 3. The van der Waals surface area contributed by atoms with Crippen molar-refractivity contribution < 1.29 is 34.1 Å². The van der Waals surface area contributed by atoms with Crippen molar-refractivity contribution in [2.75, 3.05) is 26.3 Å². The Bertz CT molecular complexity index is 1340. The van der Waals surface area contributed by atoms with E-state index in [0.29, 0.717) is 43.1 Å². The average Bonchev–Trinajstić information content (AvgIpc) is 3.82.